The van der Waals surface area contributed by atoms with Gasteiger partial charge in [-0.3, -0.25) is 14.5 Å². The number of rotatable bonds is 14. The average molecular weight is 498 g/mol. The summed E-state index contributed by atoms with van der Waals surface area (Å²) in [7, 11) is 0. The summed E-state index contributed by atoms with van der Waals surface area (Å²) in [5.41, 5.74) is 1.17. The van der Waals surface area contributed by atoms with E-state index < -0.39 is 10.9 Å². The van der Waals surface area contributed by atoms with Crippen LogP contribution in [0.5, 0.6) is 5.75 Å². The molecule has 7 nitrogen and oxygen atoms in total. The largest absolute Gasteiger partial charge is 0.494 e. The molecule has 0 aliphatic carbocycles. The lowest BCUT2D eigenvalue weighted by molar-refractivity contribution is 0.176. The number of benzene rings is 1. The smallest absolute Gasteiger partial charge is 0.253 e. The number of nitrogens with zero attached hydrogens (tertiary/aromatic N) is 1. The predicted molar refractivity (Wildman–Crippen MR) is 143 cm³/mol. The maximum Gasteiger partial charge on any atom is 0.253 e. The molecule has 1 aliphatic heterocycles. The van der Waals surface area contributed by atoms with Gasteiger partial charge in [-0.15, -0.1) is 0 Å². The van der Waals surface area contributed by atoms with E-state index in [0.717, 1.165) is 48.4 Å². The number of furan rings is 1. The fourth-order valence-electron chi connectivity index (χ4n) is 4.44. The average Bonchev–Trinajstić information content (AvgIpc) is 3.38. The van der Waals surface area contributed by atoms with Gasteiger partial charge in [0.1, 0.15) is 22.9 Å². The number of hydrogen-bond acceptors (Lipinski definition) is 8. The maximum atomic E-state index is 12.0. The third kappa shape index (κ3) is 7.39. The number of ether oxygens (including phenoxy) is 1. The van der Waals surface area contributed by atoms with Crippen LogP contribution in [-0.2, 0) is 12.3 Å². The molecular weight excluding hydrogens is 462 g/mol. The third-order valence-electron chi connectivity index (χ3n) is 6.22. The first-order valence-electron chi connectivity index (χ1n) is 12.5. The van der Waals surface area contributed by atoms with E-state index in [1.54, 1.807) is 18.0 Å². The Hall–Kier alpha value is -2.71. The van der Waals surface area contributed by atoms with Crippen molar-refractivity contribution in [3.05, 3.63) is 74.4 Å². The van der Waals surface area contributed by atoms with E-state index in [2.05, 4.69) is 34.6 Å². The Morgan fingerprint density at radius 1 is 1.11 bits per heavy atom. The maximum absolute atomic E-state index is 12.0. The Morgan fingerprint density at radius 3 is 2.71 bits per heavy atom. The molecule has 3 aromatic rings. The second kappa shape index (κ2) is 12.8. The summed E-state index contributed by atoms with van der Waals surface area (Å²) in [5, 5.41) is 6.21. The van der Waals surface area contributed by atoms with Gasteiger partial charge in [-0.25, -0.2) is 0 Å². The van der Waals surface area contributed by atoms with Crippen molar-refractivity contribution in [2.24, 2.45) is 5.92 Å². The van der Waals surface area contributed by atoms with Crippen molar-refractivity contribution >= 4 is 23.1 Å². The van der Waals surface area contributed by atoms with E-state index in [1.165, 1.54) is 24.9 Å². The molecule has 1 aliphatic rings. The van der Waals surface area contributed by atoms with Crippen molar-refractivity contribution in [3.8, 4) is 5.75 Å². The van der Waals surface area contributed by atoms with Gasteiger partial charge in [-0.05, 0) is 61.6 Å². The Morgan fingerprint density at radius 2 is 1.94 bits per heavy atom. The number of thioether (sulfide) groups is 1. The first-order valence-corrected chi connectivity index (χ1v) is 13.6. The van der Waals surface area contributed by atoms with Crippen molar-refractivity contribution in [3.63, 3.8) is 0 Å². The van der Waals surface area contributed by atoms with Crippen LogP contribution in [0.4, 0.5) is 11.4 Å². The highest BCUT2D eigenvalue weighted by Gasteiger charge is 2.20. The van der Waals surface area contributed by atoms with Gasteiger partial charge in [-0.2, -0.15) is 11.8 Å². The SMILES string of the molecule is CC1CCCN(Cc2cccc(OCCCNc3c(NCCSCc4ccco4)c(=O)c3=O)c2)C1. The molecule has 0 amide bonds. The van der Waals surface area contributed by atoms with E-state index in [0.29, 0.717) is 31.1 Å². The van der Waals surface area contributed by atoms with Crippen LogP contribution in [0.3, 0.4) is 0 Å². The van der Waals surface area contributed by atoms with Gasteiger partial charge in [0.15, 0.2) is 0 Å². The van der Waals surface area contributed by atoms with Gasteiger partial charge >= 0.3 is 0 Å². The standard InChI is InChI=1S/C27H35N3O4S/c1-20-6-3-12-30(17-20)18-21-7-2-8-22(16-21)33-14-5-10-28-24-25(27(32)26(24)31)29-11-15-35-19-23-9-4-13-34-23/h2,4,7-9,13,16,20,28-29H,3,5-6,10-12,14-15,17-19H2,1H3. The summed E-state index contributed by atoms with van der Waals surface area (Å²) in [4.78, 5) is 26.4. The number of nitrogens with one attached hydrogen (secondary N) is 2. The van der Waals surface area contributed by atoms with E-state index in [9.17, 15) is 9.59 Å². The number of hydrogen-bond donors (Lipinski definition) is 2. The molecule has 2 N–H and O–H groups in total. The molecule has 188 valence electrons. The van der Waals surface area contributed by atoms with Crippen LogP contribution in [0.1, 0.15) is 37.5 Å². The highest BCUT2D eigenvalue weighted by atomic mass is 32.2. The molecule has 0 saturated carbocycles. The minimum absolute atomic E-state index is 0.392. The van der Waals surface area contributed by atoms with Crippen LogP contribution in [0.2, 0.25) is 0 Å². The Kier molecular flexibility index (Phi) is 9.31. The molecule has 2 heterocycles. The van der Waals surface area contributed by atoms with Crippen LogP contribution >= 0.6 is 11.8 Å². The predicted octanol–water partition coefficient (Wildman–Crippen LogP) is 4.33. The second-order valence-corrected chi connectivity index (χ2v) is 10.3. The summed E-state index contributed by atoms with van der Waals surface area (Å²) in [6, 6.07) is 12.1. The van der Waals surface area contributed by atoms with Gasteiger partial charge in [0.05, 0.1) is 18.6 Å². The quantitative estimate of drug-likeness (QED) is 0.252. The van der Waals surface area contributed by atoms with Crippen LogP contribution in [0.15, 0.2) is 56.7 Å². The minimum Gasteiger partial charge on any atom is -0.494 e. The molecule has 0 radical (unpaired) electrons. The normalized spacial score (nSPS) is 16.4. The molecule has 8 heteroatoms. The van der Waals surface area contributed by atoms with Crippen LogP contribution in [-0.4, -0.2) is 43.4 Å². The monoisotopic (exact) mass is 497 g/mol. The summed E-state index contributed by atoms with van der Waals surface area (Å²) in [6.45, 7) is 7.33. The van der Waals surface area contributed by atoms with Crippen molar-refractivity contribution < 1.29 is 9.15 Å². The topological polar surface area (TPSA) is 83.8 Å². The van der Waals surface area contributed by atoms with E-state index in [1.807, 2.05) is 24.3 Å². The molecular formula is C27H35N3O4S. The Labute approximate surface area is 210 Å². The van der Waals surface area contributed by atoms with Crippen LogP contribution in [0.25, 0.3) is 0 Å². The Balaban J connectivity index is 1.14. The summed E-state index contributed by atoms with van der Waals surface area (Å²) in [6.07, 6.45) is 4.99. The fraction of sp³-hybridized carbons (Fsp3) is 0.481. The van der Waals surface area contributed by atoms with Crippen molar-refractivity contribution in [2.45, 2.75) is 38.5 Å². The third-order valence-corrected chi connectivity index (χ3v) is 7.20. The van der Waals surface area contributed by atoms with Crippen molar-refractivity contribution in [1.82, 2.24) is 4.90 Å². The molecule has 35 heavy (non-hydrogen) atoms. The first kappa shape index (κ1) is 25.4. The lowest BCUT2D eigenvalue weighted by atomic mass is 10.00. The van der Waals surface area contributed by atoms with Gasteiger partial charge in [0, 0.05) is 31.9 Å². The lowest BCUT2D eigenvalue weighted by Gasteiger charge is -2.30. The van der Waals surface area contributed by atoms with Gasteiger partial charge in [0.2, 0.25) is 0 Å². The molecule has 2 aromatic carbocycles. The molecule has 1 unspecified atom stereocenters. The second-order valence-electron chi connectivity index (χ2n) is 9.23. The zero-order valence-electron chi connectivity index (χ0n) is 20.4. The van der Waals surface area contributed by atoms with Crippen LogP contribution < -0.4 is 26.2 Å². The van der Waals surface area contributed by atoms with Crippen molar-refractivity contribution in [2.75, 3.05) is 49.2 Å². The van der Waals surface area contributed by atoms with E-state index >= 15 is 0 Å². The lowest BCUT2D eigenvalue weighted by Crippen LogP contribution is -2.38. The molecule has 1 aromatic heterocycles. The van der Waals surface area contributed by atoms with Gasteiger partial charge in [0.25, 0.3) is 10.9 Å². The zero-order chi connectivity index (χ0) is 24.5. The highest BCUT2D eigenvalue weighted by molar-refractivity contribution is 7.98. The minimum atomic E-state index is -0.448. The number of anilines is 2. The molecule has 1 saturated heterocycles. The highest BCUT2D eigenvalue weighted by Crippen LogP contribution is 2.20. The van der Waals surface area contributed by atoms with E-state index in [4.69, 9.17) is 9.15 Å². The molecule has 4 rings (SSSR count). The van der Waals surface area contributed by atoms with Crippen LogP contribution in [0, 0.1) is 5.92 Å². The molecule has 1 fully saturated rings. The summed E-state index contributed by atoms with van der Waals surface area (Å²) >= 11 is 1.71. The van der Waals surface area contributed by atoms with Gasteiger partial charge < -0.3 is 19.8 Å². The van der Waals surface area contributed by atoms with E-state index in [-0.39, 0.29) is 0 Å². The summed E-state index contributed by atoms with van der Waals surface area (Å²) < 4.78 is 11.2. The zero-order valence-corrected chi connectivity index (χ0v) is 21.2. The molecule has 1 atom stereocenters. The molecule has 0 bridgehead atoms. The Bertz CT molecular complexity index is 1120. The summed E-state index contributed by atoms with van der Waals surface area (Å²) in [5.74, 6) is 4.16. The molecule has 0 spiro atoms. The number of piperidine rings is 1. The first-order chi connectivity index (χ1) is 17.1. The number of likely N-dealkylation sites (tertiary alicyclic amines) is 1. The van der Waals surface area contributed by atoms with Gasteiger partial charge in [-0.1, -0.05) is 19.1 Å². The van der Waals surface area contributed by atoms with Crippen molar-refractivity contribution in [1.29, 1.82) is 0 Å². The fourth-order valence-corrected chi connectivity index (χ4v) is 5.20.